The molecular weight excluding hydrogens is 292 g/mol. The number of nitrogens with zero attached hydrogens (tertiary/aromatic N) is 1. The molecule has 4 N–H and O–H groups in total. The number of nitrogens with one attached hydrogen (secondary N) is 2. The Kier molecular flexibility index (Phi) is 4.86. The topological polar surface area (TPSA) is 95.6 Å². The van der Waals surface area contributed by atoms with Crippen molar-refractivity contribution >= 4 is 29.4 Å². The van der Waals surface area contributed by atoms with Crippen molar-refractivity contribution in [3.8, 4) is 0 Å². The molecule has 1 heterocycles. The van der Waals surface area contributed by atoms with Crippen LogP contribution in [0.25, 0.3) is 0 Å². The smallest absolute Gasteiger partial charge is 0.251 e. The number of H-pyrrole nitrogens is 1. The number of nitrogen functional groups attached to an aromatic ring is 1. The molecule has 0 spiro atoms. The van der Waals surface area contributed by atoms with E-state index >= 15 is 0 Å². The van der Waals surface area contributed by atoms with E-state index in [9.17, 15) is 4.79 Å². The van der Waals surface area contributed by atoms with E-state index in [1.54, 1.807) is 11.8 Å². The van der Waals surface area contributed by atoms with Gasteiger partial charge in [0.15, 0.2) is 5.16 Å². The average Bonchev–Trinajstić information content (AvgIpc) is 2.39. The standard InChI is InChI=1S/C13H14N4OS2/c1-2-19-8-4-3-5-9(11(8)12(14)15)20-13-16-7-6-10(18)17-13/h3-7H,2H2,1H3,(H3,14,15)(H,16,17,18). The number of aromatic amines is 1. The molecule has 2 aromatic rings. The highest BCUT2D eigenvalue weighted by Crippen LogP contribution is 2.33. The van der Waals surface area contributed by atoms with Gasteiger partial charge >= 0.3 is 0 Å². The van der Waals surface area contributed by atoms with Gasteiger partial charge in [-0.05, 0) is 17.9 Å². The largest absolute Gasteiger partial charge is 0.384 e. The predicted octanol–water partition coefficient (Wildman–Crippen LogP) is 2.32. The fourth-order valence-electron chi connectivity index (χ4n) is 1.65. The molecule has 0 saturated heterocycles. The molecule has 2 rings (SSSR count). The third-order valence-electron chi connectivity index (χ3n) is 2.41. The minimum atomic E-state index is -0.203. The second kappa shape index (κ2) is 6.62. The van der Waals surface area contributed by atoms with Crippen molar-refractivity contribution in [1.82, 2.24) is 9.97 Å². The van der Waals surface area contributed by atoms with Gasteiger partial charge in [0.2, 0.25) is 0 Å². The number of thioether (sulfide) groups is 1. The van der Waals surface area contributed by atoms with E-state index in [2.05, 4.69) is 9.97 Å². The summed E-state index contributed by atoms with van der Waals surface area (Å²) in [7, 11) is 0. The van der Waals surface area contributed by atoms with Gasteiger partial charge in [-0.1, -0.05) is 24.8 Å². The highest BCUT2D eigenvalue weighted by molar-refractivity contribution is 8.00. The molecule has 7 heteroatoms. The zero-order valence-electron chi connectivity index (χ0n) is 10.8. The molecule has 0 atom stereocenters. The van der Waals surface area contributed by atoms with E-state index in [0.29, 0.717) is 10.7 Å². The summed E-state index contributed by atoms with van der Waals surface area (Å²) in [6.45, 7) is 2.05. The van der Waals surface area contributed by atoms with Crippen LogP contribution in [0.5, 0.6) is 0 Å². The Labute approximate surface area is 124 Å². The van der Waals surface area contributed by atoms with Gasteiger partial charge in [-0.25, -0.2) is 4.98 Å². The molecule has 5 nitrogen and oxygen atoms in total. The Hall–Kier alpha value is -1.73. The van der Waals surface area contributed by atoms with Crippen molar-refractivity contribution in [2.75, 3.05) is 5.75 Å². The van der Waals surface area contributed by atoms with Gasteiger partial charge < -0.3 is 10.7 Å². The highest BCUT2D eigenvalue weighted by atomic mass is 32.2. The first-order chi connectivity index (χ1) is 9.61. The summed E-state index contributed by atoms with van der Waals surface area (Å²) in [5.41, 5.74) is 6.18. The molecule has 0 saturated carbocycles. The van der Waals surface area contributed by atoms with Gasteiger partial charge in [0, 0.05) is 27.6 Å². The Balaban J connectivity index is 2.43. The number of amidine groups is 1. The number of hydrogen-bond acceptors (Lipinski definition) is 5. The summed E-state index contributed by atoms with van der Waals surface area (Å²) in [5.74, 6) is 0.914. The van der Waals surface area contributed by atoms with Crippen LogP contribution in [-0.4, -0.2) is 21.6 Å². The Morgan fingerprint density at radius 2 is 2.15 bits per heavy atom. The van der Waals surface area contributed by atoms with Crippen molar-refractivity contribution in [2.24, 2.45) is 5.73 Å². The van der Waals surface area contributed by atoms with Crippen molar-refractivity contribution in [3.05, 3.63) is 46.4 Å². The molecule has 1 aromatic heterocycles. The molecule has 0 radical (unpaired) electrons. The second-order valence-electron chi connectivity index (χ2n) is 3.82. The first-order valence-electron chi connectivity index (χ1n) is 5.95. The molecule has 0 bridgehead atoms. The SMILES string of the molecule is CCSc1cccc(Sc2nccc(=O)[nH]2)c1C(=N)N. The zero-order valence-corrected chi connectivity index (χ0v) is 12.5. The molecule has 0 amide bonds. The minimum Gasteiger partial charge on any atom is -0.384 e. The van der Waals surface area contributed by atoms with Gasteiger partial charge in [0.1, 0.15) is 5.84 Å². The molecule has 0 fully saturated rings. The molecule has 0 unspecified atom stereocenters. The van der Waals surface area contributed by atoms with Gasteiger partial charge in [0.05, 0.1) is 0 Å². The van der Waals surface area contributed by atoms with Crippen LogP contribution < -0.4 is 11.3 Å². The highest BCUT2D eigenvalue weighted by Gasteiger charge is 2.13. The normalized spacial score (nSPS) is 10.4. The summed E-state index contributed by atoms with van der Waals surface area (Å²) in [6.07, 6.45) is 1.46. The molecule has 20 heavy (non-hydrogen) atoms. The van der Waals surface area contributed by atoms with Crippen LogP contribution in [0.2, 0.25) is 0 Å². The molecule has 0 aliphatic carbocycles. The van der Waals surface area contributed by atoms with Crippen molar-refractivity contribution < 1.29 is 0 Å². The van der Waals surface area contributed by atoms with Crippen LogP contribution in [0.15, 0.2) is 50.2 Å². The van der Waals surface area contributed by atoms with Gasteiger partial charge in [-0.2, -0.15) is 0 Å². The van der Waals surface area contributed by atoms with E-state index < -0.39 is 0 Å². The molecule has 1 aromatic carbocycles. The summed E-state index contributed by atoms with van der Waals surface area (Å²) in [5, 5.41) is 8.25. The maximum Gasteiger partial charge on any atom is 0.251 e. The summed E-state index contributed by atoms with van der Waals surface area (Å²) in [6, 6.07) is 7.08. The summed E-state index contributed by atoms with van der Waals surface area (Å²) in [4.78, 5) is 19.8. The van der Waals surface area contributed by atoms with Gasteiger partial charge in [-0.3, -0.25) is 10.2 Å². The maximum atomic E-state index is 11.3. The van der Waals surface area contributed by atoms with Gasteiger partial charge in [0.25, 0.3) is 5.56 Å². The van der Waals surface area contributed by atoms with E-state index in [1.165, 1.54) is 24.0 Å². The number of aromatic nitrogens is 2. The van der Waals surface area contributed by atoms with E-state index in [1.807, 2.05) is 25.1 Å². The van der Waals surface area contributed by atoms with Gasteiger partial charge in [-0.15, -0.1) is 11.8 Å². The Bertz CT molecular complexity index is 684. The van der Waals surface area contributed by atoms with Crippen LogP contribution in [0.3, 0.4) is 0 Å². The second-order valence-corrected chi connectivity index (χ2v) is 6.15. The molecular formula is C13H14N4OS2. The average molecular weight is 306 g/mol. The summed E-state index contributed by atoms with van der Waals surface area (Å²) < 4.78 is 0. The lowest BCUT2D eigenvalue weighted by atomic mass is 10.2. The monoisotopic (exact) mass is 306 g/mol. The number of nitrogens with two attached hydrogens (primary N) is 1. The molecule has 0 aliphatic rings. The maximum absolute atomic E-state index is 11.3. The van der Waals surface area contributed by atoms with Crippen LogP contribution in [0.4, 0.5) is 0 Å². The van der Waals surface area contributed by atoms with Crippen LogP contribution >= 0.6 is 23.5 Å². The third-order valence-corrected chi connectivity index (χ3v) is 4.31. The molecule has 104 valence electrons. The van der Waals surface area contributed by atoms with Crippen molar-refractivity contribution in [3.63, 3.8) is 0 Å². The Morgan fingerprint density at radius 3 is 2.80 bits per heavy atom. The number of benzene rings is 1. The lowest BCUT2D eigenvalue weighted by molar-refractivity contribution is 0.936. The number of rotatable bonds is 5. The fourth-order valence-corrected chi connectivity index (χ4v) is 3.50. The summed E-state index contributed by atoms with van der Waals surface area (Å²) >= 11 is 2.93. The minimum absolute atomic E-state index is 0.0160. The van der Waals surface area contributed by atoms with E-state index in [0.717, 1.165) is 15.5 Å². The lowest BCUT2D eigenvalue weighted by Crippen LogP contribution is -2.14. The fraction of sp³-hybridized carbons (Fsp3) is 0.154. The van der Waals surface area contributed by atoms with Crippen LogP contribution in [0, 0.1) is 5.41 Å². The van der Waals surface area contributed by atoms with E-state index in [-0.39, 0.29) is 11.4 Å². The molecule has 0 aliphatic heterocycles. The van der Waals surface area contributed by atoms with Crippen LogP contribution in [0.1, 0.15) is 12.5 Å². The lowest BCUT2D eigenvalue weighted by Gasteiger charge is -2.11. The van der Waals surface area contributed by atoms with E-state index in [4.69, 9.17) is 11.1 Å². The quantitative estimate of drug-likeness (QED) is 0.341. The first-order valence-corrected chi connectivity index (χ1v) is 7.75. The Morgan fingerprint density at radius 1 is 1.40 bits per heavy atom. The first kappa shape index (κ1) is 14.7. The third kappa shape index (κ3) is 3.43. The predicted molar refractivity (Wildman–Crippen MR) is 82.8 cm³/mol. The number of hydrogen-bond donors (Lipinski definition) is 3. The zero-order chi connectivity index (χ0) is 14.5. The van der Waals surface area contributed by atoms with Crippen LogP contribution in [-0.2, 0) is 0 Å². The van der Waals surface area contributed by atoms with Crippen molar-refractivity contribution in [1.29, 1.82) is 5.41 Å². The van der Waals surface area contributed by atoms with Crippen molar-refractivity contribution in [2.45, 2.75) is 21.9 Å².